The minimum absolute atomic E-state index is 0.00893. The highest BCUT2D eigenvalue weighted by Crippen LogP contribution is 2.27. The maximum absolute atomic E-state index is 12.5. The molecule has 2 aliphatic heterocycles. The number of carbonyl (C=O) groups excluding carboxylic acids is 1. The molecule has 0 aromatic carbocycles. The Balaban J connectivity index is 1.79. The van der Waals surface area contributed by atoms with Crippen LogP contribution >= 0.6 is 0 Å². The molecule has 3 rings (SSSR count). The van der Waals surface area contributed by atoms with Gasteiger partial charge in [0.1, 0.15) is 17.8 Å². The summed E-state index contributed by atoms with van der Waals surface area (Å²) >= 11 is 0. The number of aromatic nitrogens is 1. The van der Waals surface area contributed by atoms with Crippen LogP contribution in [0.2, 0.25) is 0 Å². The van der Waals surface area contributed by atoms with Gasteiger partial charge in [-0.25, -0.2) is 4.98 Å². The zero-order valence-corrected chi connectivity index (χ0v) is 15.6. The van der Waals surface area contributed by atoms with Gasteiger partial charge >= 0.3 is 0 Å². The molecule has 3 heterocycles. The fraction of sp³-hybridized carbons (Fsp3) is 0.524. The van der Waals surface area contributed by atoms with Crippen LogP contribution in [0, 0.1) is 5.92 Å². The predicted molar refractivity (Wildman–Crippen MR) is 104 cm³/mol. The van der Waals surface area contributed by atoms with Gasteiger partial charge in [-0.1, -0.05) is 32.6 Å². The van der Waals surface area contributed by atoms with Crippen molar-refractivity contribution >= 4 is 17.5 Å². The summed E-state index contributed by atoms with van der Waals surface area (Å²) in [5, 5.41) is 6.45. The molecule has 2 aliphatic rings. The van der Waals surface area contributed by atoms with E-state index in [1.54, 1.807) is 12.5 Å². The van der Waals surface area contributed by atoms with Crippen LogP contribution in [-0.4, -0.2) is 24.0 Å². The molecule has 1 atom stereocenters. The van der Waals surface area contributed by atoms with Gasteiger partial charge in [0.2, 0.25) is 0 Å². The molecule has 1 aromatic heterocycles. The number of hydrogen-bond acceptors (Lipinski definition) is 4. The highest BCUT2D eigenvalue weighted by molar-refractivity contribution is 5.93. The van der Waals surface area contributed by atoms with Crippen LogP contribution in [0.1, 0.15) is 57.4 Å². The van der Waals surface area contributed by atoms with Crippen molar-refractivity contribution in [2.45, 2.75) is 51.9 Å². The van der Waals surface area contributed by atoms with Crippen LogP contribution in [0.3, 0.4) is 0 Å². The first-order chi connectivity index (χ1) is 12.7. The lowest BCUT2D eigenvalue weighted by Gasteiger charge is -2.12. The average Bonchev–Trinajstić information content (AvgIpc) is 2.84. The smallest absolute Gasteiger partial charge is 0.250 e. The van der Waals surface area contributed by atoms with Gasteiger partial charge in [-0.05, 0) is 43.4 Å². The van der Waals surface area contributed by atoms with Crippen molar-refractivity contribution in [3.05, 3.63) is 41.8 Å². The molecule has 140 valence electrons. The number of ether oxygens (including phenoxy) is 1. The van der Waals surface area contributed by atoms with Gasteiger partial charge in [0.15, 0.2) is 0 Å². The average molecular weight is 355 g/mol. The quantitative estimate of drug-likeness (QED) is 0.730. The Morgan fingerprint density at radius 3 is 2.62 bits per heavy atom. The van der Waals surface area contributed by atoms with Crippen molar-refractivity contribution in [2.24, 2.45) is 5.92 Å². The fourth-order valence-corrected chi connectivity index (χ4v) is 3.32. The van der Waals surface area contributed by atoms with E-state index in [1.807, 2.05) is 12.1 Å². The highest BCUT2D eigenvalue weighted by Gasteiger charge is 2.20. The Hall–Kier alpha value is -2.30. The van der Waals surface area contributed by atoms with Crippen molar-refractivity contribution in [3.8, 4) is 0 Å². The third-order valence-electron chi connectivity index (χ3n) is 5.00. The zero-order valence-electron chi connectivity index (χ0n) is 15.6. The number of amides is 1. The van der Waals surface area contributed by atoms with E-state index in [-0.39, 0.29) is 11.8 Å². The van der Waals surface area contributed by atoms with E-state index in [0.717, 1.165) is 55.9 Å². The molecule has 5 nitrogen and oxygen atoms in total. The van der Waals surface area contributed by atoms with Crippen LogP contribution in [0.5, 0.6) is 0 Å². The molecule has 2 N–H and O–H groups in total. The van der Waals surface area contributed by atoms with Crippen LogP contribution in [0.4, 0.5) is 5.82 Å². The second-order valence-corrected chi connectivity index (χ2v) is 7.13. The lowest BCUT2D eigenvalue weighted by atomic mass is 9.97. The van der Waals surface area contributed by atoms with Crippen molar-refractivity contribution < 1.29 is 9.53 Å². The molecule has 0 radical (unpaired) electrons. The molecule has 1 unspecified atom stereocenters. The number of nitrogens with one attached hydrogen (secondary N) is 2. The van der Waals surface area contributed by atoms with E-state index >= 15 is 0 Å². The molecular formula is C21H29N3O2. The monoisotopic (exact) mass is 355 g/mol. The minimum atomic E-state index is -0.00893. The normalized spacial score (nSPS) is 22.5. The lowest BCUT2D eigenvalue weighted by molar-refractivity contribution is -0.118. The van der Waals surface area contributed by atoms with Crippen molar-refractivity contribution in [1.82, 2.24) is 10.3 Å². The molecular weight excluding hydrogens is 326 g/mol. The third kappa shape index (κ3) is 5.10. The fourth-order valence-electron chi connectivity index (χ4n) is 3.32. The number of nitrogens with zero attached hydrogens (tertiary/aromatic N) is 1. The minimum Gasteiger partial charge on any atom is -0.464 e. The summed E-state index contributed by atoms with van der Waals surface area (Å²) in [5.41, 5.74) is 1.69. The number of fused-ring (bicyclic) bond motifs is 5. The van der Waals surface area contributed by atoms with Crippen molar-refractivity contribution in [2.75, 3.05) is 18.4 Å². The van der Waals surface area contributed by atoms with Gasteiger partial charge in [0, 0.05) is 24.8 Å². The van der Waals surface area contributed by atoms with Gasteiger partial charge in [0.25, 0.3) is 5.91 Å². The molecule has 5 heteroatoms. The first kappa shape index (κ1) is 18.5. The summed E-state index contributed by atoms with van der Waals surface area (Å²) < 4.78 is 5.87. The maximum atomic E-state index is 12.5. The molecule has 1 aromatic rings. The van der Waals surface area contributed by atoms with Crippen LogP contribution in [0.15, 0.2) is 36.2 Å². The number of anilines is 1. The van der Waals surface area contributed by atoms with E-state index in [1.165, 1.54) is 19.3 Å². The van der Waals surface area contributed by atoms with E-state index in [4.69, 9.17) is 4.74 Å². The highest BCUT2D eigenvalue weighted by atomic mass is 16.5. The van der Waals surface area contributed by atoms with Gasteiger partial charge < -0.3 is 15.4 Å². The van der Waals surface area contributed by atoms with Gasteiger partial charge in [-0.2, -0.15) is 0 Å². The molecule has 0 aliphatic carbocycles. The molecule has 26 heavy (non-hydrogen) atoms. The van der Waals surface area contributed by atoms with Gasteiger partial charge in [0.05, 0.1) is 5.57 Å². The number of pyridine rings is 1. The summed E-state index contributed by atoms with van der Waals surface area (Å²) in [6.07, 6.45) is 13.3. The molecule has 1 amide bonds. The maximum Gasteiger partial charge on any atom is 0.250 e. The summed E-state index contributed by atoms with van der Waals surface area (Å²) in [5.74, 6) is 1.78. The van der Waals surface area contributed by atoms with Crippen molar-refractivity contribution in [1.29, 1.82) is 0 Å². The third-order valence-corrected chi connectivity index (χ3v) is 5.00. The molecule has 0 saturated carbocycles. The summed E-state index contributed by atoms with van der Waals surface area (Å²) in [4.78, 5) is 16.9. The molecule has 0 spiro atoms. The van der Waals surface area contributed by atoms with Gasteiger partial charge in [-0.3, -0.25) is 4.79 Å². The van der Waals surface area contributed by atoms with Crippen LogP contribution < -0.4 is 10.6 Å². The molecule has 4 bridgehead atoms. The van der Waals surface area contributed by atoms with Crippen molar-refractivity contribution in [3.63, 3.8) is 0 Å². The first-order valence-corrected chi connectivity index (χ1v) is 9.79. The first-order valence-electron chi connectivity index (χ1n) is 9.79. The number of allylic oxidation sites excluding steroid dienone is 1. The SMILES string of the molecule is CC1CC=C2OC=C1C(=O)NCCCCCCCCNc1cc2ccn1. The largest absolute Gasteiger partial charge is 0.464 e. The Bertz CT molecular complexity index is 682. The topological polar surface area (TPSA) is 63.2 Å². The summed E-state index contributed by atoms with van der Waals surface area (Å²) in [6.45, 7) is 3.74. The number of carbonyl (C=O) groups is 1. The van der Waals surface area contributed by atoms with E-state index in [0.29, 0.717) is 5.57 Å². The molecule has 0 saturated heterocycles. The second-order valence-electron chi connectivity index (χ2n) is 7.13. The molecule has 0 fully saturated rings. The number of hydrogen-bond donors (Lipinski definition) is 2. The van der Waals surface area contributed by atoms with E-state index < -0.39 is 0 Å². The lowest BCUT2D eigenvalue weighted by Crippen LogP contribution is -2.28. The zero-order chi connectivity index (χ0) is 18.2. The summed E-state index contributed by atoms with van der Waals surface area (Å²) in [7, 11) is 0. The Morgan fingerprint density at radius 2 is 1.81 bits per heavy atom. The van der Waals surface area contributed by atoms with E-state index in [2.05, 4.69) is 28.6 Å². The Morgan fingerprint density at radius 1 is 1.08 bits per heavy atom. The predicted octanol–water partition coefficient (Wildman–Crippen LogP) is 4.25. The van der Waals surface area contributed by atoms with Crippen LogP contribution in [0.25, 0.3) is 5.76 Å². The summed E-state index contributed by atoms with van der Waals surface area (Å²) in [6, 6.07) is 3.96. The Kier molecular flexibility index (Phi) is 6.69. The van der Waals surface area contributed by atoms with E-state index in [9.17, 15) is 4.79 Å². The second kappa shape index (κ2) is 9.41. The Labute approximate surface area is 155 Å². The number of rotatable bonds is 0. The van der Waals surface area contributed by atoms with Gasteiger partial charge in [-0.15, -0.1) is 0 Å². The standard InChI is InChI=1S/C21H29N3O2/c1-16-8-9-19-17-10-13-23-20(14-17)22-11-6-4-2-3-5-7-12-24-21(25)18(16)15-26-19/h9-10,13-16H,2-8,11-12H2,1H3,(H,22,23)(H,24,25). The van der Waals surface area contributed by atoms with Crippen LogP contribution in [-0.2, 0) is 9.53 Å².